The SMILES string of the molecule is CCn1nc(C)cc1/C(OC(=O)C(C)(C)CCl)=C(\C#N)c1ccc(C(C)(C)C)cc1. The third-order valence-electron chi connectivity index (χ3n) is 4.89. The van der Waals surface area contributed by atoms with Gasteiger partial charge in [-0.15, -0.1) is 11.6 Å². The first kappa shape index (κ1) is 23.7. The van der Waals surface area contributed by atoms with Crippen LogP contribution in [0.4, 0.5) is 0 Å². The molecule has 1 heterocycles. The number of alkyl halides is 1. The average Bonchev–Trinajstić information content (AvgIpc) is 3.07. The van der Waals surface area contributed by atoms with Crippen LogP contribution >= 0.6 is 11.6 Å². The molecule has 2 rings (SSSR count). The molecule has 0 aliphatic carbocycles. The van der Waals surface area contributed by atoms with Crippen LogP contribution in [-0.4, -0.2) is 21.6 Å². The van der Waals surface area contributed by atoms with Crippen molar-refractivity contribution in [3.8, 4) is 6.07 Å². The summed E-state index contributed by atoms with van der Waals surface area (Å²) in [6.07, 6.45) is 0. The van der Waals surface area contributed by atoms with Gasteiger partial charge in [0.15, 0.2) is 5.76 Å². The first-order valence-corrected chi connectivity index (χ1v) is 10.6. The lowest BCUT2D eigenvalue weighted by molar-refractivity contribution is -0.145. The Kier molecular flexibility index (Phi) is 7.15. The lowest BCUT2D eigenvalue weighted by Gasteiger charge is -2.22. The highest BCUT2D eigenvalue weighted by Gasteiger charge is 2.32. The molecule has 1 aromatic heterocycles. The van der Waals surface area contributed by atoms with E-state index in [0.29, 0.717) is 17.8 Å². The number of allylic oxidation sites excluding steroid dienone is 1. The maximum absolute atomic E-state index is 12.8. The minimum Gasteiger partial charge on any atom is -0.422 e. The fraction of sp³-hybridized carbons (Fsp3) is 0.458. The second-order valence-electron chi connectivity index (χ2n) is 9.04. The van der Waals surface area contributed by atoms with E-state index in [1.54, 1.807) is 18.5 Å². The van der Waals surface area contributed by atoms with Gasteiger partial charge in [0.25, 0.3) is 0 Å². The van der Waals surface area contributed by atoms with E-state index in [9.17, 15) is 10.1 Å². The van der Waals surface area contributed by atoms with Gasteiger partial charge in [0.1, 0.15) is 17.3 Å². The Morgan fingerprint density at radius 2 is 1.80 bits per heavy atom. The number of aryl methyl sites for hydroxylation is 2. The molecule has 0 radical (unpaired) electrons. The van der Waals surface area contributed by atoms with Crippen LogP contribution in [0.1, 0.15) is 64.1 Å². The van der Waals surface area contributed by atoms with Gasteiger partial charge >= 0.3 is 5.97 Å². The largest absolute Gasteiger partial charge is 0.422 e. The molecule has 0 saturated heterocycles. The van der Waals surface area contributed by atoms with Crippen molar-refractivity contribution in [1.29, 1.82) is 5.26 Å². The van der Waals surface area contributed by atoms with Gasteiger partial charge in [0.2, 0.25) is 0 Å². The van der Waals surface area contributed by atoms with Crippen LogP contribution < -0.4 is 0 Å². The standard InChI is InChI=1S/C24H30ClN3O2/c1-8-28-20(13-16(2)27-28)21(30-22(29)24(6,7)15-25)19(14-26)17-9-11-18(12-10-17)23(3,4)5/h9-13H,8,15H2,1-7H3/b21-19-. The van der Waals surface area contributed by atoms with E-state index in [0.717, 1.165) is 11.3 Å². The number of carbonyl (C=O) groups excluding carboxylic acids is 1. The lowest BCUT2D eigenvalue weighted by atomic mass is 9.86. The first-order valence-electron chi connectivity index (χ1n) is 10.0. The van der Waals surface area contributed by atoms with Gasteiger partial charge < -0.3 is 4.74 Å². The smallest absolute Gasteiger partial charge is 0.318 e. The van der Waals surface area contributed by atoms with E-state index in [1.165, 1.54) is 0 Å². The summed E-state index contributed by atoms with van der Waals surface area (Å²) < 4.78 is 7.55. The molecule has 0 aliphatic heterocycles. The zero-order chi connectivity index (χ0) is 22.7. The summed E-state index contributed by atoms with van der Waals surface area (Å²) in [5.41, 5.74) is 2.58. The molecular formula is C24H30ClN3O2. The van der Waals surface area contributed by atoms with Gasteiger partial charge in [0.05, 0.1) is 11.1 Å². The van der Waals surface area contributed by atoms with Gasteiger partial charge in [-0.2, -0.15) is 10.4 Å². The number of rotatable bonds is 6. The summed E-state index contributed by atoms with van der Waals surface area (Å²) in [4.78, 5) is 12.8. The molecule has 5 nitrogen and oxygen atoms in total. The second-order valence-corrected chi connectivity index (χ2v) is 9.30. The minimum absolute atomic E-state index is 0.00728. The number of hydrogen-bond donors (Lipinski definition) is 0. The fourth-order valence-electron chi connectivity index (χ4n) is 2.87. The van der Waals surface area contributed by atoms with Crippen LogP contribution in [0.3, 0.4) is 0 Å². The molecule has 2 aromatic rings. The maximum atomic E-state index is 12.8. The van der Waals surface area contributed by atoms with Crippen molar-refractivity contribution in [2.45, 2.75) is 60.4 Å². The summed E-state index contributed by atoms with van der Waals surface area (Å²) in [6, 6.07) is 11.8. The van der Waals surface area contributed by atoms with Crippen LogP contribution in [0.5, 0.6) is 0 Å². The van der Waals surface area contributed by atoms with Crippen molar-refractivity contribution in [2.24, 2.45) is 5.41 Å². The Balaban J connectivity index is 2.69. The van der Waals surface area contributed by atoms with Gasteiger partial charge in [0, 0.05) is 12.4 Å². The van der Waals surface area contributed by atoms with E-state index in [4.69, 9.17) is 16.3 Å². The van der Waals surface area contributed by atoms with Crippen molar-refractivity contribution in [1.82, 2.24) is 9.78 Å². The van der Waals surface area contributed by atoms with Crippen LogP contribution in [0.25, 0.3) is 11.3 Å². The average molecular weight is 428 g/mol. The van der Waals surface area contributed by atoms with Gasteiger partial charge in [-0.25, -0.2) is 0 Å². The molecule has 0 bridgehead atoms. The normalized spacial score (nSPS) is 12.9. The van der Waals surface area contributed by atoms with Gasteiger partial charge in [-0.1, -0.05) is 45.0 Å². The summed E-state index contributed by atoms with van der Waals surface area (Å²) in [5.74, 6) is -0.187. The number of esters is 1. The van der Waals surface area contributed by atoms with Crippen LogP contribution in [0, 0.1) is 23.7 Å². The molecule has 160 valence electrons. The Hall–Kier alpha value is -2.58. The summed E-state index contributed by atoms with van der Waals surface area (Å²) in [6.45, 7) is 14.2. The van der Waals surface area contributed by atoms with Crippen molar-refractivity contribution in [3.05, 3.63) is 52.8 Å². The minimum atomic E-state index is -0.893. The van der Waals surface area contributed by atoms with E-state index in [-0.39, 0.29) is 22.6 Å². The molecular weight excluding hydrogens is 398 g/mol. The maximum Gasteiger partial charge on any atom is 0.318 e. The Morgan fingerprint density at radius 1 is 1.20 bits per heavy atom. The highest BCUT2D eigenvalue weighted by Crippen LogP contribution is 2.32. The predicted molar refractivity (Wildman–Crippen MR) is 121 cm³/mol. The molecule has 0 N–H and O–H groups in total. The van der Waals surface area contributed by atoms with Crippen LogP contribution in [0.15, 0.2) is 30.3 Å². The number of halogens is 1. The molecule has 0 atom stereocenters. The van der Waals surface area contributed by atoms with E-state index in [2.05, 4.69) is 31.9 Å². The summed E-state index contributed by atoms with van der Waals surface area (Å²) >= 11 is 5.97. The number of benzene rings is 1. The van der Waals surface area contributed by atoms with Crippen LogP contribution in [0.2, 0.25) is 0 Å². The molecule has 0 amide bonds. The molecule has 30 heavy (non-hydrogen) atoms. The molecule has 0 unspecified atom stereocenters. The summed E-state index contributed by atoms with van der Waals surface area (Å²) in [7, 11) is 0. The highest BCUT2D eigenvalue weighted by molar-refractivity contribution is 6.19. The number of nitriles is 1. The molecule has 6 heteroatoms. The number of nitrogens with zero attached hydrogens (tertiary/aromatic N) is 3. The Labute approximate surface area is 184 Å². The Morgan fingerprint density at radius 3 is 2.27 bits per heavy atom. The van der Waals surface area contributed by atoms with Crippen molar-refractivity contribution < 1.29 is 9.53 Å². The quantitative estimate of drug-likeness (QED) is 0.256. The number of ether oxygens (including phenoxy) is 1. The van der Waals surface area contributed by atoms with Gasteiger partial charge in [-0.05, 0) is 50.3 Å². The Bertz CT molecular complexity index is 987. The third-order valence-corrected chi connectivity index (χ3v) is 5.56. The van der Waals surface area contributed by atoms with Crippen LogP contribution in [-0.2, 0) is 21.5 Å². The topological polar surface area (TPSA) is 67.9 Å². The summed E-state index contributed by atoms with van der Waals surface area (Å²) in [5, 5.41) is 14.5. The molecule has 0 aliphatic rings. The molecule has 0 fully saturated rings. The van der Waals surface area contributed by atoms with E-state index < -0.39 is 11.4 Å². The number of carbonyl (C=O) groups is 1. The van der Waals surface area contributed by atoms with Crippen molar-refractivity contribution in [3.63, 3.8) is 0 Å². The van der Waals surface area contributed by atoms with E-state index in [1.807, 2.05) is 44.2 Å². The zero-order valence-electron chi connectivity index (χ0n) is 18.8. The molecule has 0 spiro atoms. The molecule has 1 aromatic carbocycles. The third kappa shape index (κ3) is 5.12. The lowest BCUT2D eigenvalue weighted by Crippen LogP contribution is -2.28. The van der Waals surface area contributed by atoms with E-state index >= 15 is 0 Å². The number of hydrogen-bond acceptors (Lipinski definition) is 4. The van der Waals surface area contributed by atoms with Crippen molar-refractivity contribution >= 4 is 28.9 Å². The highest BCUT2D eigenvalue weighted by atomic mass is 35.5. The first-order chi connectivity index (χ1) is 13.9. The zero-order valence-corrected chi connectivity index (χ0v) is 19.6. The van der Waals surface area contributed by atoms with Gasteiger partial charge in [-0.3, -0.25) is 9.48 Å². The second kappa shape index (κ2) is 9.06. The monoisotopic (exact) mass is 427 g/mol. The predicted octanol–water partition coefficient (Wildman–Crippen LogP) is 5.71. The fourth-order valence-corrected chi connectivity index (χ4v) is 2.98. The van der Waals surface area contributed by atoms with Crippen molar-refractivity contribution in [2.75, 3.05) is 5.88 Å². The number of aromatic nitrogens is 2. The molecule has 0 saturated carbocycles.